The molecule has 0 radical (unpaired) electrons. The Kier molecular flexibility index (Phi) is 2.37. The molecule has 0 amide bonds. The van der Waals surface area contributed by atoms with Crippen LogP contribution in [0.25, 0.3) is 0 Å². The second-order valence-electron chi connectivity index (χ2n) is 7.20. The smallest absolute Gasteiger partial charge is 0.0128 e. The third-order valence-electron chi connectivity index (χ3n) is 6.42. The van der Waals surface area contributed by atoms with Gasteiger partial charge in [0.15, 0.2) is 0 Å². The Balaban J connectivity index is 1.73. The normalized spacial score (nSPS) is 41.9. The first-order valence-electron chi connectivity index (χ1n) is 7.86. The Bertz CT molecular complexity index is 461. The molecule has 4 rings (SSSR count). The highest BCUT2D eigenvalue weighted by molar-refractivity contribution is 5.34. The minimum Gasteiger partial charge on any atom is -0.0620 e. The van der Waals surface area contributed by atoms with E-state index in [1.807, 2.05) is 0 Å². The summed E-state index contributed by atoms with van der Waals surface area (Å²) in [5.74, 6) is 2.93. The fourth-order valence-electron chi connectivity index (χ4n) is 5.51. The van der Waals surface area contributed by atoms with Gasteiger partial charge >= 0.3 is 0 Å². The average molecular weight is 240 g/mol. The molecule has 1 aromatic rings. The lowest BCUT2D eigenvalue weighted by Crippen LogP contribution is -2.39. The molecule has 0 heteroatoms. The molecule has 0 heterocycles. The van der Waals surface area contributed by atoms with Gasteiger partial charge in [-0.25, -0.2) is 0 Å². The van der Waals surface area contributed by atoms with E-state index in [-0.39, 0.29) is 0 Å². The molecule has 1 unspecified atom stereocenters. The molecule has 96 valence electrons. The van der Waals surface area contributed by atoms with Crippen LogP contribution in [0.5, 0.6) is 0 Å². The summed E-state index contributed by atoms with van der Waals surface area (Å²) in [5.41, 5.74) is 4.07. The molecule has 0 nitrogen and oxygen atoms in total. The van der Waals surface area contributed by atoms with Gasteiger partial charge in [0.05, 0.1) is 0 Å². The molecule has 0 bridgehead atoms. The van der Waals surface area contributed by atoms with Crippen LogP contribution >= 0.6 is 0 Å². The number of hydrogen-bond donors (Lipinski definition) is 0. The van der Waals surface area contributed by atoms with E-state index in [0.29, 0.717) is 5.41 Å². The molecule has 0 N–H and O–H groups in total. The Hall–Kier alpha value is -0.780. The second-order valence-corrected chi connectivity index (χ2v) is 7.20. The van der Waals surface area contributed by atoms with Crippen molar-refractivity contribution in [1.82, 2.24) is 0 Å². The van der Waals surface area contributed by atoms with Crippen molar-refractivity contribution in [3.63, 3.8) is 0 Å². The summed E-state index contributed by atoms with van der Waals surface area (Å²) < 4.78 is 0. The largest absolute Gasteiger partial charge is 0.0620 e. The van der Waals surface area contributed by atoms with Gasteiger partial charge in [-0.3, -0.25) is 0 Å². The number of aryl methyl sites for hydroxylation is 1. The highest BCUT2D eigenvalue weighted by atomic mass is 14.5. The molecule has 2 saturated carbocycles. The first-order valence-corrected chi connectivity index (χ1v) is 7.86. The first kappa shape index (κ1) is 11.1. The van der Waals surface area contributed by atoms with Gasteiger partial charge in [-0.1, -0.05) is 37.6 Å². The number of hydrogen-bond acceptors (Lipinski definition) is 0. The molecule has 0 saturated heterocycles. The van der Waals surface area contributed by atoms with E-state index in [2.05, 4.69) is 31.2 Å². The van der Waals surface area contributed by atoms with Crippen molar-refractivity contribution in [2.75, 3.05) is 0 Å². The summed E-state index contributed by atoms with van der Waals surface area (Å²) in [4.78, 5) is 0. The van der Waals surface area contributed by atoms with Crippen LogP contribution in [0, 0.1) is 17.3 Å². The number of benzene rings is 1. The van der Waals surface area contributed by atoms with Gasteiger partial charge in [-0.2, -0.15) is 0 Å². The monoisotopic (exact) mass is 240 g/mol. The van der Waals surface area contributed by atoms with Crippen molar-refractivity contribution in [2.45, 2.75) is 57.8 Å². The molecule has 0 aromatic heterocycles. The van der Waals surface area contributed by atoms with Gasteiger partial charge < -0.3 is 0 Å². The molecular formula is C18H24. The summed E-state index contributed by atoms with van der Waals surface area (Å²) in [5, 5.41) is 0. The topological polar surface area (TPSA) is 0 Å². The number of rotatable bonds is 0. The van der Waals surface area contributed by atoms with E-state index in [4.69, 9.17) is 0 Å². The van der Waals surface area contributed by atoms with E-state index in [1.165, 1.54) is 44.9 Å². The van der Waals surface area contributed by atoms with Crippen LogP contribution in [0.4, 0.5) is 0 Å². The molecule has 0 spiro atoms. The fourth-order valence-corrected chi connectivity index (χ4v) is 5.51. The Morgan fingerprint density at radius 3 is 2.89 bits per heavy atom. The van der Waals surface area contributed by atoms with E-state index in [9.17, 15) is 0 Å². The quantitative estimate of drug-likeness (QED) is 0.603. The first-order chi connectivity index (χ1) is 8.78. The van der Waals surface area contributed by atoms with E-state index in [0.717, 1.165) is 17.8 Å². The Morgan fingerprint density at radius 1 is 1.06 bits per heavy atom. The van der Waals surface area contributed by atoms with Gasteiger partial charge in [0.2, 0.25) is 0 Å². The van der Waals surface area contributed by atoms with Crippen LogP contribution in [0.1, 0.15) is 62.5 Å². The minimum atomic E-state index is 0.702. The summed E-state index contributed by atoms with van der Waals surface area (Å²) in [6.45, 7) is 2.58. The molecule has 4 atom stereocenters. The predicted octanol–water partition coefficient (Wildman–Crippen LogP) is 4.93. The van der Waals surface area contributed by atoms with Crippen LogP contribution < -0.4 is 0 Å². The zero-order valence-corrected chi connectivity index (χ0v) is 11.5. The van der Waals surface area contributed by atoms with Crippen molar-refractivity contribution < 1.29 is 0 Å². The molecular weight excluding hydrogens is 216 g/mol. The van der Waals surface area contributed by atoms with Crippen LogP contribution in [0.2, 0.25) is 0 Å². The number of fused-ring (bicyclic) bond motifs is 5. The third kappa shape index (κ3) is 1.44. The fraction of sp³-hybridized carbons (Fsp3) is 0.667. The molecule has 3 aliphatic rings. The molecule has 1 aromatic carbocycles. The van der Waals surface area contributed by atoms with Crippen molar-refractivity contribution >= 4 is 0 Å². The second kappa shape index (κ2) is 3.85. The van der Waals surface area contributed by atoms with Gasteiger partial charge in [0.25, 0.3) is 0 Å². The lowest BCUT2D eigenvalue weighted by molar-refractivity contribution is 0.0598. The summed E-state index contributed by atoms with van der Waals surface area (Å²) in [6, 6.07) is 9.27. The molecule has 3 aliphatic carbocycles. The maximum absolute atomic E-state index is 2.58. The standard InChI is InChI=1S/C18H24/c1-18-11-4-7-17(18)16-9-8-13-5-2-3-6-14(13)15(16)10-12-18/h2-3,5-6,15-17H,4,7-12H2,1H3/t15-,16?,17+,18+/m0/s1. The van der Waals surface area contributed by atoms with Gasteiger partial charge in [-0.15, -0.1) is 0 Å². The Morgan fingerprint density at radius 2 is 1.94 bits per heavy atom. The lowest BCUT2D eigenvalue weighted by Gasteiger charge is -2.49. The van der Waals surface area contributed by atoms with Gasteiger partial charge in [0.1, 0.15) is 0 Å². The van der Waals surface area contributed by atoms with Crippen LogP contribution in [-0.2, 0) is 6.42 Å². The highest BCUT2D eigenvalue weighted by Gasteiger charge is 2.49. The van der Waals surface area contributed by atoms with Crippen molar-refractivity contribution in [3.8, 4) is 0 Å². The predicted molar refractivity (Wildman–Crippen MR) is 75.7 cm³/mol. The van der Waals surface area contributed by atoms with E-state index in [1.54, 1.807) is 11.1 Å². The zero-order chi connectivity index (χ0) is 12.2. The maximum atomic E-state index is 2.58. The van der Waals surface area contributed by atoms with Gasteiger partial charge in [0, 0.05) is 0 Å². The van der Waals surface area contributed by atoms with E-state index >= 15 is 0 Å². The highest BCUT2D eigenvalue weighted by Crippen LogP contribution is 2.60. The van der Waals surface area contributed by atoms with Crippen molar-refractivity contribution in [2.24, 2.45) is 17.3 Å². The van der Waals surface area contributed by atoms with Crippen LogP contribution in [-0.4, -0.2) is 0 Å². The SMILES string of the molecule is C[C@]12CCC[C@@H]1C1CCc3ccccc3[C@@H]1CC2. The summed E-state index contributed by atoms with van der Waals surface area (Å²) in [7, 11) is 0. The van der Waals surface area contributed by atoms with Crippen LogP contribution in [0.15, 0.2) is 24.3 Å². The zero-order valence-electron chi connectivity index (χ0n) is 11.5. The summed E-state index contributed by atoms with van der Waals surface area (Å²) in [6.07, 6.45) is 10.2. The maximum Gasteiger partial charge on any atom is -0.0128 e. The minimum absolute atomic E-state index is 0.702. The van der Waals surface area contributed by atoms with Crippen molar-refractivity contribution in [3.05, 3.63) is 35.4 Å². The molecule has 0 aliphatic heterocycles. The van der Waals surface area contributed by atoms with Gasteiger partial charge in [-0.05, 0) is 72.8 Å². The van der Waals surface area contributed by atoms with Crippen molar-refractivity contribution in [1.29, 1.82) is 0 Å². The lowest BCUT2D eigenvalue weighted by atomic mass is 9.56. The molecule has 2 fully saturated rings. The van der Waals surface area contributed by atoms with E-state index < -0.39 is 0 Å². The molecule has 18 heavy (non-hydrogen) atoms. The Labute approximate surface area is 111 Å². The summed E-state index contributed by atoms with van der Waals surface area (Å²) >= 11 is 0. The average Bonchev–Trinajstić information content (AvgIpc) is 2.80. The van der Waals surface area contributed by atoms with Crippen LogP contribution in [0.3, 0.4) is 0 Å². The third-order valence-corrected chi connectivity index (χ3v) is 6.42.